The molecule has 2 amide bonds. The molecule has 1 atom stereocenters. The first kappa shape index (κ1) is 35.4. The molecule has 0 spiro atoms. The fourth-order valence-corrected chi connectivity index (χ4v) is 6.55. The first-order valence-corrected chi connectivity index (χ1v) is 17.3. The zero-order valence-electron chi connectivity index (χ0n) is 26.4. The average Bonchev–Trinajstić information content (AvgIpc) is 3.07. The summed E-state index contributed by atoms with van der Waals surface area (Å²) < 4.78 is 49.9. The van der Waals surface area contributed by atoms with Crippen LogP contribution in [0.25, 0.3) is 0 Å². The van der Waals surface area contributed by atoms with Crippen LogP contribution in [0.15, 0.2) is 108 Å². The van der Waals surface area contributed by atoms with E-state index in [4.69, 9.17) is 16.3 Å². The third-order valence-corrected chi connectivity index (χ3v) is 9.56. The Hall–Kier alpha value is -4.41. The summed E-state index contributed by atoms with van der Waals surface area (Å²) in [6.45, 7) is 3.71. The van der Waals surface area contributed by atoms with E-state index in [0.717, 1.165) is 22.7 Å². The second-order valence-electron chi connectivity index (χ2n) is 10.9. The van der Waals surface area contributed by atoms with Gasteiger partial charge in [-0.05, 0) is 73.5 Å². The third-order valence-electron chi connectivity index (χ3n) is 7.52. The molecule has 0 aromatic heterocycles. The van der Waals surface area contributed by atoms with Crippen molar-refractivity contribution in [2.24, 2.45) is 0 Å². The Bertz CT molecular complexity index is 1720. The molecule has 0 aliphatic carbocycles. The van der Waals surface area contributed by atoms with Crippen LogP contribution in [0.4, 0.5) is 10.1 Å². The quantitative estimate of drug-likeness (QED) is 0.134. The van der Waals surface area contributed by atoms with Gasteiger partial charge in [-0.15, -0.1) is 0 Å². The van der Waals surface area contributed by atoms with Crippen molar-refractivity contribution >= 4 is 39.1 Å². The van der Waals surface area contributed by atoms with Crippen molar-refractivity contribution in [1.29, 1.82) is 0 Å². The summed E-state index contributed by atoms with van der Waals surface area (Å²) >= 11 is 6.05. The minimum Gasteiger partial charge on any atom is -0.494 e. The standard InChI is InChI=1S/C36H39ClFN3O5S/c1-3-5-23-39-36(43)34(24-27-11-7-6-8-12-27)40(25-28-13-9-10-14-33(28)38)35(42)26-41(30-17-19-31(20-18-30)46-4-2)47(44,45)32-21-15-29(37)16-22-32/h6-22,34H,3-5,23-26H2,1-2H3,(H,39,43)/t34-/m1/s1. The molecule has 0 aliphatic heterocycles. The zero-order chi connectivity index (χ0) is 33.8. The lowest BCUT2D eigenvalue weighted by molar-refractivity contribution is -0.140. The van der Waals surface area contributed by atoms with Gasteiger partial charge in [0.1, 0.15) is 24.2 Å². The van der Waals surface area contributed by atoms with E-state index < -0.39 is 40.2 Å². The number of anilines is 1. The van der Waals surface area contributed by atoms with Gasteiger partial charge in [0.05, 0.1) is 17.2 Å². The van der Waals surface area contributed by atoms with Gasteiger partial charge >= 0.3 is 0 Å². The van der Waals surface area contributed by atoms with E-state index in [1.54, 1.807) is 36.4 Å². The first-order valence-electron chi connectivity index (χ1n) is 15.5. The van der Waals surface area contributed by atoms with Gasteiger partial charge in [0.25, 0.3) is 10.0 Å². The Kier molecular flexibility index (Phi) is 12.8. The number of carbonyl (C=O) groups is 2. The van der Waals surface area contributed by atoms with Gasteiger partial charge in [-0.2, -0.15) is 0 Å². The van der Waals surface area contributed by atoms with Crippen LogP contribution in [0.1, 0.15) is 37.8 Å². The average molecular weight is 680 g/mol. The molecule has 4 rings (SSSR count). The lowest BCUT2D eigenvalue weighted by atomic mass is 10.0. The second-order valence-corrected chi connectivity index (χ2v) is 13.2. The van der Waals surface area contributed by atoms with Crippen molar-refractivity contribution in [3.05, 3.63) is 125 Å². The number of amides is 2. The highest BCUT2D eigenvalue weighted by atomic mass is 35.5. The summed E-state index contributed by atoms with van der Waals surface area (Å²) in [4.78, 5) is 29.5. The number of halogens is 2. The monoisotopic (exact) mass is 679 g/mol. The van der Waals surface area contributed by atoms with Crippen molar-refractivity contribution in [2.75, 3.05) is 24.0 Å². The van der Waals surface area contributed by atoms with Crippen molar-refractivity contribution in [2.45, 2.75) is 50.6 Å². The second kappa shape index (κ2) is 16.9. The molecule has 47 heavy (non-hydrogen) atoms. The highest BCUT2D eigenvalue weighted by Crippen LogP contribution is 2.28. The van der Waals surface area contributed by atoms with Gasteiger partial charge in [-0.25, -0.2) is 12.8 Å². The van der Waals surface area contributed by atoms with E-state index in [9.17, 15) is 18.0 Å². The molecule has 0 fully saturated rings. The van der Waals surface area contributed by atoms with Crippen LogP contribution >= 0.6 is 11.6 Å². The van der Waals surface area contributed by atoms with Gasteiger partial charge in [-0.1, -0.05) is 73.5 Å². The van der Waals surface area contributed by atoms with E-state index in [-0.39, 0.29) is 29.1 Å². The number of rotatable bonds is 16. The summed E-state index contributed by atoms with van der Waals surface area (Å²) in [5.41, 5.74) is 1.18. The highest BCUT2D eigenvalue weighted by molar-refractivity contribution is 7.92. The third kappa shape index (κ3) is 9.56. The molecule has 0 radical (unpaired) electrons. The number of ether oxygens (including phenoxy) is 1. The molecule has 248 valence electrons. The maximum absolute atomic E-state index is 15.1. The molecule has 0 saturated carbocycles. The van der Waals surface area contributed by atoms with E-state index >= 15 is 4.39 Å². The van der Waals surface area contributed by atoms with Crippen molar-refractivity contribution in [3.63, 3.8) is 0 Å². The smallest absolute Gasteiger partial charge is 0.264 e. The fourth-order valence-electron chi connectivity index (χ4n) is 5.01. The lowest BCUT2D eigenvalue weighted by Gasteiger charge is -2.34. The maximum Gasteiger partial charge on any atom is 0.264 e. The molecule has 0 heterocycles. The molecule has 8 nitrogen and oxygen atoms in total. The molecular weight excluding hydrogens is 641 g/mol. The molecular formula is C36H39ClFN3O5S. The predicted octanol–water partition coefficient (Wildman–Crippen LogP) is 6.63. The molecule has 0 bridgehead atoms. The van der Waals surface area contributed by atoms with E-state index in [1.807, 2.05) is 44.2 Å². The topological polar surface area (TPSA) is 96.0 Å². The van der Waals surface area contributed by atoms with Gasteiger partial charge < -0.3 is 15.0 Å². The van der Waals surface area contributed by atoms with E-state index in [1.165, 1.54) is 41.3 Å². The van der Waals surface area contributed by atoms with Crippen LogP contribution in [0, 0.1) is 5.82 Å². The SMILES string of the molecule is CCCCNC(=O)[C@@H](Cc1ccccc1)N(Cc1ccccc1F)C(=O)CN(c1ccc(OCC)cc1)S(=O)(=O)c1ccc(Cl)cc1. The van der Waals surface area contributed by atoms with Crippen molar-refractivity contribution in [3.8, 4) is 5.75 Å². The van der Waals surface area contributed by atoms with Crippen LogP contribution in [-0.4, -0.2) is 50.9 Å². The van der Waals surface area contributed by atoms with E-state index in [0.29, 0.717) is 23.9 Å². The fraction of sp³-hybridized carbons (Fsp3) is 0.278. The zero-order valence-corrected chi connectivity index (χ0v) is 28.0. The first-order chi connectivity index (χ1) is 22.6. The normalized spacial score (nSPS) is 11.8. The van der Waals surface area contributed by atoms with Gasteiger partial charge in [0, 0.05) is 30.1 Å². The van der Waals surface area contributed by atoms with Crippen LogP contribution in [0.5, 0.6) is 5.75 Å². The summed E-state index contributed by atoms with van der Waals surface area (Å²) in [5, 5.41) is 3.27. The number of hydrogen-bond acceptors (Lipinski definition) is 5. The van der Waals surface area contributed by atoms with Crippen molar-refractivity contribution < 1.29 is 27.1 Å². The molecule has 1 N–H and O–H groups in total. The highest BCUT2D eigenvalue weighted by Gasteiger charge is 2.35. The van der Waals surface area contributed by atoms with Crippen LogP contribution in [-0.2, 0) is 32.6 Å². The molecule has 4 aromatic rings. The molecule has 0 saturated heterocycles. The van der Waals surface area contributed by atoms with E-state index in [2.05, 4.69) is 5.32 Å². The van der Waals surface area contributed by atoms with Gasteiger partial charge in [0.15, 0.2) is 0 Å². The number of sulfonamides is 1. The Morgan fingerprint density at radius 3 is 2.19 bits per heavy atom. The largest absolute Gasteiger partial charge is 0.494 e. The molecule has 11 heteroatoms. The Morgan fingerprint density at radius 1 is 0.894 bits per heavy atom. The minimum absolute atomic E-state index is 0.0811. The number of benzene rings is 4. The summed E-state index contributed by atoms with van der Waals surface area (Å²) in [7, 11) is -4.32. The Morgan fingerprint density at radius 2 is 1.55 bits per heavy atom. The minimum atomic E-state index is -4.32. The maximum atomic E-state index is 15.1. The number of hydrogen-bond donors (Lipinski definition) is 1. The molecule has 0 aliphatic rings. The Balaban J connectivity index is 1.80. The predicted molar refractivity (Wildman–Crippen MR) is 182 cm³/mol. The Labute approximate surface area is 281 Å². The number of nitrogens with one attached hydrogen (secondary N) is 1. The van der Waals surface area contributed by atoms with Crippen LogP contribution in [0.2, 0.25) is 5.02 Å². The number of carbonyl (C=O) groups excluding carboxylic acids is 2. The van der Waals surface area contributed by atoms with Crippen LogP contribution in [0.3, 0.4) is 0 Å². The number of unbranched alkanes of at least 4 members (excludes halogenated alkanes) is 1. The lowest BCUT2D eigenvalue weighted by Crippen LogP contribution is -2.53. The number of nitrogens with zero attached hydrogens (tertiary/aromatic N) is 2. The molecule has 4 aromatic carbocycles. The summed E-state index contributed by atoms with van der Waals surface area (Å²) in [6.07, 6.45) is 1.71. The van der Waals surface area contributed by atoms with Crippen molar-refractivity contribution in [1.82, 2.24) is 10.2 Å². The van der Waals surface area contributed by atoms with Crippen LogP contribution < -0.4 is 14.4 Å². The molecule has 0 unspecified atom stereocenters. The summed E-state index contributed by atoms with van der Waals surface area (Å²) in [5.74, 6) is -1.13. The summed E-state index contributed by atoms with van der Waals surface area (Å²) in [6, 6.07) is 26.1. The van der Waals surface area contributed by atoms with Gasteiger partial charge in [-0.3, -0.25) is 13.9 Å². The van der Waals surface area contributed by atoms with Gasteiger partial charge in [0.2, 0.25) is 11.8 Å².